The van der Waals surface area contributed by atoms with Gasteiger partial charge in [-0.1, -0.05) is 109 Å². The molecule has 1 rings (SSSR count). The minimum absolute atomic E-state index is 0.0542. The topological polar surface area (TPSA) is 87.0 Å². The van der Waals surface area contributed by atoms with E-state index in [0.29, 0.717) is 19.3 Å². The van der Waals surface area contributed by atoms with Gasteiger partial charge in [-0.2, -0.15) is 0 Å². The molecule has 0 aromatic heterocycles. The molecule has 1 atom stereocenters. The van der Waals surface area contributed by atoms with Gasteiger partial charge >= 0.3 is 5.97 Å². The molecule has 0 saturated carbocycles. The molecule has 0 radical (unpaired) electrons. The smallest absolute Gasteiger partial charge is 0.308 e. The molecular weight excluding hydrogens is 428 g/mol. The van der Waals surface area contributed by atoms with E-state index in [4.69, 9.17) is 4.74 Å². The normalized spacial score (nSPS) is 12.1. The molecule has 0 saturated heterocycles. The zero-order valence-corrected chi connectivity index (χ0v) is 21.6. The predicted molar refractivity (Wildman–Crippen MR) is 139 cm³/mol. The van der Waals surface area contributed by atoms with E-state index in [2.05, 4.69) is 6.92 Å². The molecule has 0 bridgehead atoms. The van der Waals surface area contributed by atoms with Crippen molar-refractivity contribution in [1.29, 1.82) is 0 Å². The number of carbonyl (C=O) groups excluding carboxylic acids is 1. The van der Waals surface area contributed by atoms with Crippen LogP contribution in [-0.4, -0.2) is 34.0 Å². The first-order chi connectivity index (χ1) is 16.5. The number of aliphatic hydroxyl groups is 1. The Hall–Kier alpha value is -1.75. The van der Waals surface area contributed by atoms with E-state index in [0.717, 1.165) is 18.4 Å². The molecule has 1 aromatic carbocycles. The van der Waals surface area contributed by atoms with Gasteiger partial charge in [-0.05, 0) is 37.0 Å². The molecule has 196 valence electrons. The summed E-state index contributed by atoms with van der Waals surface area (Å²) in [5.74, 6) is -0.642. The van der Waals surface area contributed by atoms with E-state index in [-0.39, 0.29) is 30.5 Å². The molecule has 0 fully saturated rings. The number of rotatable bonds is 22. The summed E-state index contributed by atoms with van der Waals surface area (Å²) in [5.41, 5.74) is 0.875. The van der Waals surface area contributed by atoms with Crippen molar-refractivity contribution < 1.29 is 24.9 Å². The van der Waals surface area contributed by atoms with Crippen molar-refractivity contribution in [1.82, 2.24) is 0 Å². The van der Waals surface area contributed by atoms with Crippen molar-refractivity contribution in [3.8, 4) is 11.5 Å². The summed E-state index contributed by atoms with van der Waals surface area (Å²) in [5, 5.41) is 28.9. The van der Waals surface area contributed by atoms with Gasteiger partial charge in [-0.15, -0.1) is 0 Å². The summed E-state index contributed by atoms with van der Waals surface area (Å²) in [6.45, 7) is 2.55. The Morgan fingerprint density at radius 3 is 1.82 bits per heavy atom. The van der Waals surface area contributed by atoms with Crippen molar-refractivity contribution in [3.05, 3.63) is 23.8 Å². The van der Waals surface area contributed by atoms with E-state index in [1.165, 1.54) is 95.6 Å². The van der Waals surface area contributed by atoms with Crippen LogP contribution in [0.1, 0.15) is 128 Å². The highest BCUT2D eigenvalue weighted by molar-refractivity contribution is 5.69. The summed E-state index contributed by atoms with van der Waals surface area (Å²) in [6, 6.07) is 4.70. The SMILES string of the molecule is CCCCCCCCCCCCCCCCCC(O)CC(=O)OCCCc1ccc(O)c(O)c1. The molecule has 1 aromatic rings. The minimum atomic E-state index is -0.622. The summed E-state index contributed by atoms with van der Waals surface area (Å²) >= 11 is 0. The zero-order valence-electron chi connectivity index (χ0n) is 21.6. The van der Waals surface area contributed by atoms with Crippen molar-refractivity contribution in [2.75, 3.05) is 6.61 Å². The molecule has 0 aliphatic rings. The van der Waals surface area contributed by atoms with Crippen LogP contribution in [-0.2, 0) is 16.0 Å². The molecular formula is C29H50O5. The number of benzene rings is 1. The average Bonchev–Trinajstić information content (AvgIpc) is 2.81. The lowest BCUT2D eigenvalue weighted by atomic mass is 10.0. The van der Waals surface area contributed by atoms with Gasteiger partial charge in [0.15, 0.2) is 11.5 Å². The molecule has 0 aliphatic heterocycles. The van der Waals surface area contributed by atoms with Crippen molar-refractivity contribution in [2.24, 2.45) is 0 Å². The van der Waals surface area contributed by atoms with E-state index in [1.54, 1.807) is 6.07 Å². The van der Waals surface area contributed by atoms with Crippen LogP contribution in [0.3, 0.4) is 0 Å². The molecule has 0 amide bonds. The number of unbranched alkanes of at least 4 members (excludes halogenated alkanes) is 14. The van der Waals surface area contributed by atoms with E-state index in [1.807, 2.05) is 0 Å². The van der Waals surface area contributed by atoms with Crippen molar-refractivity contribution >= 4 is 5.97 Å². The molecule has 3 N–H and O–H groups in total. The third kappa shape index (κ3) is 16.8. The number of phenols is 2. The van der Waals surface area contributed by atoms with Gasteiger partial charge in [0.2, 0.25) is 0 Å². The highest BCUT2D eigenvalue weighted by atomic mass is 16.5. The molecule has 0 spiro atoms. The van der Waals surface area contributed by atoms with Gasteiger partial charge in [0.25, 0.3) is 0 Å². The summed E-state index contributed by atoms with van der Waals surface area (Å²) in [4.78, 5) is 11.9. The number of aliphatic hydroxyl groups excluding tert-OH is 1. The number of ether oxygens (including phenoxy) is 1. The Kier molecular flexibility index (Phi) is 18.4. The van der Waals surface area contributed by atoms with Gasteiger partial charge in [0.1, 0.15) is 0 Å². The second-order valence-electron chi connectivity index (χ2n) is 9.74. The highest BCUT2D eigenvalue weighted by Gasteiger charge is 2.12. The number of hydrogen-bond donors (Lipinski definition) is 3. The molecule has 0 aliphatic carbocycles. The summed E-state index contributed by atoms with van der Waals surface area (Å²) in [6.07, 6.45) is 21.1. The number of aryl methyl sites for hydroxylation is 1. The maximum absolute atomic E-state index is 11.9. The van der Waals surface area contributed by atoms with Crippen LogP contribution in [0.4, 0.5) is 0 Å². The third-order valence-electron chi connectivity index (χ3n) is 6.46. The lowest BCUT2D eigenvalue weighted by Crippen LogP contribution is -2.16. The van der Waals surface area contributed by atoms with Crippen LogP contribution in [0.2, 0.25) is 0 Å². The van der Waals surface area contributed by atoms with E-state index in [9.17, 15) is 20.1 Å². The van der Waals surface area contributed by atoms with Crippen LogP contribution in [0, 0.1) is 0 Å². The van der Waals surface area contributed by atoms with Gasteiger partial charge in [-0.25, -0.2) is 0 Å². The van der Waals surface area contributed by atoms with Crippen LogP contribution >= 0.6 is 0 Å². The second-order valence-corrected chi connectivity index (χ2v) is 9.74. The lowest BCUT2D eigenvalue weighted by molar-refractivity contribution is -0.146. The Labute approximate surface area is 207 Å². The van der Waals surface area contributed by atoms with Gasteiger partial charge in [0, 0.05) is 0 Å². The molecule has 5 heteroatoms. The fraction of sp³-hybridized carbons (Fsp3) is 0.759. The first-order valence-electron chi connectivity index (χ1n) is 13.9. The van der Waals surface area contributed by atoms with Crippen LogP contribution in [0.5, 0.6) is 11.5 Å². The maximum Gasteiger partial charge on any atom is 0.308 e. The van der Waals surface area contributed by atoms with Crippen LogP contribution in [0.15, 0.2) is 18.2 Å². The van der Waals surface area contributed by atoms with E-state index < -0.39 is 6.10 Å². The first kappa shape index (κ1) is 30.3. The van der Waals surface area contributed by atoms with Gasteiger partial charge in [0.05, 0.1) is 19.1 Å². The fourth-order valence-corrected chi connectivity index (χ4v) is 4.29. The number of carbonyl (C=O) groups is 1. The largest absolute Gasteiger partial charge is 0.504 e. The predicted octanol–water partition coefficient (Wildman–Crippen LogP) is 7.59. The Morgan fingerprint density at radius 1 is 0.765 bits per heavy atom. The van der Waals surface area contributed by atoms with Gasteiger partial charge < -0.3 is 20.1 Å². The summed E-state index contributed by atoms with van der Waals surface area (Å²) < 4.78 is 5.21. The Balaban J connectivity index is 1.86. The molecule has 1 unspecified atom stereocenters. The average molecular weight is 479 g/mol. The van der Waals surface area contributed by atoms with Crippen LogP contribution < -0.4 is 0 Å². The number of esters is 1. The monoisotopic (exact) mass is 478 g/mol. The Bertz CT molecular complexity index is 631. The van der Waals surface area contributed by atoms with Crippen molar-refractivity contribution in [2.45, 2.75) is 135 Å². The zero-order chi connectivity index (χ0) is 24.9. The quantitative estimate of drug-likeness (QED) is 0.0908. The number of phenolic OH excluding ortho intramolecular Hbond substituents is 2. The standard InChI is InChI=1S/C29H50O5/c1-2-3-4-5-6-7-8-9-10-11-12-13-14-15-16-19-26(30)24-29(33)34-22-17-18-25-20-21-27(31)28(32)23-25/h20-21,23,26,30-32H,2-19,22,24H2,1H3. The maximum atomic E-state index is 11.9. The molecule has 34 heavy (non-hydrogen) atoms. The molecule has 5 nitrogen and oxygen atoms in total. The second kappa shape index (κ2) is 20.6. The third-order valence-corrected chi connectivity index (χ3v) is 6.46. The Morgan fingerprint density at radius 2 is 1.29 bits per heavy atom. The minimum Gasteiger partial charge on any atom is -0.504 e. The molecule has 0 heterocycles. The number of aromatic hydroxyl groups is 2. The highest BCUT2D eigenvalue weighted by Crippen LogP contribution is 2.25. The van der Waals surface area contributed by atoms with E-state index >= 15 is 0 Å². The lowest BCUT2D eigenvalue weighted by Gasteiger charge is -2.10. The fourth-order valence-electron chi connectivity index (χ4n) is 4.29. The van der Waals surface area contributed by atoms with Crippen molar-refractivity contribution in [3.63, 3.8) is 0 Å². The van der Waals surface area contributed by atoms with Gasteiger partial charge in [-0.3, -0.25) is 4.79 Å². The summed E-state index contributed by atoms with van der Waals surface area (Å²) in [7, 11) is 0. The number of hydrogen-bond acceptors (Lipinski definition) is 5. The first-order valence-corrected chi connectivity index (χ1v) is 13.9. The van der Waals surface area contributed by atoms with Crippen LogP contribution in [0.25, 0.3) is 0 Å².